The Labute approximate surface area is 522 Å². The van der Waals surface area contributed by atoms with E-state index < -0.39 is 60.3 Å². The summed E-state index contributed by atoms with van der Waals surface area (Å²) in [5, 5.41) is 69.4. The van der Waals surface area contributed by atoms with Crippen molar-refractivity contribution in [2.24, 2.45) is 22.0 Å². The van der Waals surface area contributed by atoms with E-state index in [-0.39, 0.29) is 105 Å². The lowest BCUT2D eigenvalue weighted by atomic mass is 9.39. The standard InChI is InChI=1S/C64H76N8O17S/c1-37-43(41-15-16-48(68-50(41)56(79)80)71-20-17-38-8-6-9-42(44(38)28-71)55(78)69-59-67-45-10-4-5-11-47(45)90-59)27-66-72(37)36-63-31-61(2)30-62(3,32-63)34-64(33-61,35-63)87-23-21-70(19-7-12-49(73)74)60(83)86-29-39-13-14-40(26-46(39)85-25-24-84-22-18-65)88-58-53(77)51(75)52(76)54(89-58)57(81)82/h4-6,8-11,13-16,26-27,51-54,58,75-77H,7,12,17-25,28-36,65H2,1-3H3,(H,73,74)(H,79,80)(H,81,82)(H,67,69,78)/t51-,52-,53+,54-,58+,61?,62?,63?,64?/m0/s1. The van der Waals surface area contributed by atoms with Gasteiger partial charge >= 0.3 is 24.0 Å². The van der Waals surface area contributed by atoms with E-state index in [1.54, 1.807) is 18.3 Å². The summed E-state index contributed by atoms with van der Waals surface area (Å²) in [5.41, 5.74) is 9.96. The van der Waals surface area contributed by atoms with E-state index in [2.05, 4.69) is 24.1 Å². The molecule has 4 saturated carbocycles. The fourth-order valence-corrected chi connectivity index (χ4v) is 16.1. The molecule has 5 fully saturated rings. The third-order valence-electron chi connectivity index (χ3n) is 18.0. The molecule has 4 bridgehead atoms. The van der Waals surface area contributed by atoms with Gasteiger partial charge in [-0.1, -0.05) is 49.4 Å². The monoisotopic (exact) mass is 1260 g/mol. The highest BCUT2D eigenvalue weighted by molar-refractivity contribution is 7.22. The van der Waals surface area contributed by atoms with Gasteiger partial charge in [-0.25, -0.2) is 24.4 Å². The summed E-state index contributed by atoms with van der Waals surface area (Å²) in [7, 11) is 0. The van der Waals surface area contributed by atoms with Gasteiger partial charge in [0.05, 0.1) is 41.8 Å². The first-order valence-electron chi connectivity index (χ1n) is 30.2. The zero-order valence-electron chi connectivity index (χ0n) is 50.4. The maximum Gasteiger partial charge on any atom is 0.410 e. The van der Waals surface area contributed by atoms with Crippen LogP contribution in [-0.4, -0.2) is 174 Å². The number of carboxylic acid groups (broad SMARTS) is 3. The molecule has 3 aromatic heterocycles. The van der Waals surface area contributed by atoms with Gasteiger partial charge in [0.1, 0.15) is 48.8 Å². The molecular weight excluding hydrogens is 1180 g/mol. The molecule has 2 aliphatic heterocycles. The van der Waals surface area contributed by atoms with Crippen LogP contribution in [0.1, 0.15) is 108 Å². The number of thiazole rings is 1. The molecule has 9 N–H and O–H groups in total. The second-order valence-electron chi connectivity index (χ2n) is 25.4. The summed E-state index contributed by atoms with van der Waals surface area (Å²) < 4.78 is 38.4. The van der Waals surface area contributed by atoms with Crippen LogP contribution < -0.4 is 25.4 Å². The fraction of sp³-hybridized carbons (Fsp3) is 0.500. The first-order chi connectivity index (χ1) is 43.0. The molecule has 4 aliphatic carbocycles. The average molecular weight is 1260 g/mol. The second kappa shape index (κ2) is 26.2. The predicted octanol–water partition coefficient (Wildman–Crippen LogP) is 6.64. The number of aromatic nitrogens is 4. The number of hydrogen-bond donors (Lipinski definition) is 8. The van der Waals surface area contributed by atoms with Crippen molar-refractivity contribution in [2.75, 3.05) is 62.8 Å². The molecule has 7 atom stereocenters. The number of nitrogens with two attached hydrogens (primary N) is 1. The molecule has 0 radical (unpaired) electrons. The Morgan fingerprint density at radius 3 is 2.38 bits per heavy atom. The highest BCUT2D eigenvalue weighted by Crippen LogP contribution is 2.72. The minimum Gasteiger partial charge on any atom is -0.491 e. The predicted molar refractivity (Wildman–Crippen MR) is 326 cm³/mol. The van der Waals surface area contributed by atoms with E-state index in [9.17, 15) is 54.6 Å². The Morgan fingerprint density at radius 2 is 1.63 bits per heavy atom. The number of rotatable bonds is 26. The number of nitrogens with one attached hydrogen (secondary N) is 1. The number of ether oxygens (including phenoxy) is 6. The Kier molecular flexibility index (Phi) is 18.5. The largest absolute Gasteiger partial charge is 0.491 e. The Balaban J connectivity index is 0.761. The molecule has 480 valence electrons. The van der Waals surface area contributed by atoms with E-state index >= 15 is 0 Å². The molecule has 3 aromatic carbocycles. The number of pyridine rings is 1. The molecule has 0 spiro atoms. The Hall–Kier alpha value is -7.82. The van der Waals surface area contributed by atoms with E-state index in [0.29, 0.717) is 59.3 Å². The zero-order chi connectivity index (χ0) is 63.7. The first-order valence-corrected chi connectivity index (χ1v) is 31.1. The van der Waals surface area contributed by atoms with Gasteiger partial charge in [0.15, 0.2) is 16.9 Å². The summed E-state index contributed by atoms with van der Waals surface area (Å²) >= 11 is 1.40. The SMILES string of the molecule is Cc1c(-c2ccc(N3CCc4cccc(C(=O)Nc5nc6ccccc6s5)c4C3)nc2C(=O)O)cnn1CC12CC3(C)CC(C)(C1)CC(OCCN(CCCC(=O)O)C(=O)OCc1ccc(O[C@@H]4O[C@H](C(=O)O)[C@@H](O)[C@H](O)[C@H]4O)cc1OCCOCCN)(C3)C2. The number of carbonyl (C=O) groups excluding carboxylic acids is 2. The number of aliphatic carboxylic acids is 2. The van der Waals surface area contributed by atoms with Gasteiger partial charge in [-0.05, 0) is 128 Å². The molecule has 5 heterocycles. The van der Waals surface area contributed by atoms with Crippen LogP contribution in [0.5, 0.6) is 11.5 Å². The Morgan fingerprint density at radius 1 is 0.844 bits per heavy atom. The number of aliphatic hydroxyl groups is 3. The van der Waals surface area contributed by atoms with E-state index in [1.807, 2.05) is 59.0 Å². The third kappa shape index (κ3) is 13.8. The van der Waals surface area contributed by atoms with Crippen LogP contribution in [0.4, 0.5) is 15.7 Å². The number of aliphatic hydroxyl groups excluding tert-OH is 3. The summed E-state index contributed by atoms with van der Waals surface area (Å²) in [5.74, 6) is -3.40. The van der Waals surface area contributed by atoms with Crippen LogP contribution in [-0.2, 0) is 54.7 Å². The fourth-order valence-electron chi connectivity index (χ4n) is 15.3. The lowest BCUT2D eigenvalue weighted by molar-refractivity contribution is -0.271. The topological polar surface area (TPSA) is 350 Å². The summed E-state index contributed by atoms with van der Waals surface area (Å²) in [4.78, 5) is 77.3. The van der Waals surface area contributed by atoms with Crippen molar-refractivity contribution in [1.82, 2.24) is 24.6 Å². The van der Waals surface area contributed by atoms with Crippen molar-refractivity contribution < 1.29 is 83.0 Å². The minimum atomic E-state index is -1.92. The number of benzene rings is 3. The van der Waals surface area contributed by atoms with Crippen molar-refractivity contribution in [3.8, 4) is 22.6 Å². The molecule has 25 nitrogen and oxygen atoms in total. The van der Waals surface area contributed by atoms with E-state index in [4.69, 9.17) is 44.2 Å². The number of nitrogens with zero attached hydrogens (tertiary/aromatic N) is 6. The van der Waals surface area contributed by atoms with Gasteiger partial charge in [0.2, 0.25) is 6.29 Å². The van der Waals surface area contributed by atoms with Crippen molar-refractivity contribution in [3.05, 3.63) is 113 Å². The lowest BCUT2D eigenvalue weighted by Gasteiger charge is -2.69. The maximum atomic E-state index is 14.1. The van der Waals surface area contributed by atoms with E-state index in [0.717, 1.165) is 65.6 Å². The van der Waals surface area contributed by atoms with Gasteiger partial charge < -0.3 is 74.6 Å². The molecular formula is C64H76N8O17S. The van der Waals surface area contributed by atoms with Crippen LogP contribution in [0.2, 0.25) is 0 Å². The average Bonchev–Trinajstić information content (AvgIpc) is 1.16. The van der Waals surface area contributed by atoms with Crippen molar-refractivity contribution in [3.63, 3.8) is 0 Å². The summed E-state index contributed by atoms with van der Waals surface area (Å²) in [6.45, 7) is 8.75. The van der Waals surface area contributed by atoms with Crippen molar-refractivity contribution in [2.45, 2.75) is 135 Å². The Bertz CT molecular complexity index is 3620. The van der Waals surface area contributed by atoms with Gasteiger partial charge in [0.25, 0.3) is 5.91 Å². The molecule has 6 aliphatic rings. The quantitative estimate of drug-likeness (QED) is 0.0264. The molecule has 26 heteroatoms. The molecule has 12 rings (SSSR count). The molecule has 2 unspecified atom stereocenters. The van der Waals surface area contributed by atoms with Crippen LogP contribution in [0.15, 0.2) is 79.0 Å². The zero-order valence-corrected chi connectivity index (χ0v) is 51.2. The number of aromatic carboxylic acids is 1. The van der Waals surface area contributed by atoms with Gasteiger partial charge in [-0.2, -0.15) is 5.10 Å². The van der Waals surface area contributed by atoms with Crippen molar-refractivity contribution >= 4 is 62.4 Å². The number of carboxylic acids is 3. The van der Waals surface area contributed by atoms with E-state index in [1.165, 1.54) is 34.4 Å². The number of anilines is 2. The third-order valence-corrected chi connectivity index (χ3v) is 19.0. The number of para-hydroxylation sites is 1. The van der Waals surface area contributed by atoms with Crippen LogP contribution in [0.25, 0.3) is 21.3 Å². The second-order valence-corrected chi connectivity index (χ2v) is 26.4. The first kappa shape index (κ1) is 63.7. The van der Waals surface area contributed by atoms with Gasteiger partial charge in [-0.15, -0.1) is 0 Å². The highest BCUT2D eigenvalue weighted by Gasteiger charge is 2.66. The highest BCUT2D eigenvalue weighted by atomic mass is 32.1. The summed E-state index contributed by atoms with van der Waals surface area (Å²) in [6, 6.07) is 21.4. The number of fused-ring (bicyclic) bond motifs is 2. The summed E-state index contributed by atoms with van der Waals surface area (Å²) in [6.07, 6.45) is -2.48. The molecule has 2 amide bonds. The number of amides is 2. The molecule has 1 saturated heterocycles. The van der Waals surface area contributed by atoms with Crippen LogP contribution in [0.3, 0.4) is 0 Å². The van der Waals surface area contributed by atoms with Gasteiger partial charge in [-0.3, -0.25) is 19.6 Å². The minimum absolute atomic E-state index is 0.0165. The van der Waals surface area contributed by atoms with Crippen LogP contribution >= 0.6 is 11.3 Å². The normalized spacial score (nSPS) is 25.8. The van der Waals surface area contributed by atoms with Gasteiger partial charge in [0, 0.05) is 79.7 Å². The number of hydrogen-bond acceptors (Lipinski definition) is 20. The lowest BCUT2D eigenvalue weighted by Crippen LogP contribution is -2.64. The maximum absolute atomic E-state index is 14.1. The van der Waals surface area contributed by atoms with Crippen LogP contribution in [0, 0.1) is 23.2 Å². The van der Waals surface area contributed by atoms with Crippen molar-refractivity contribution in [1.29, 1.82) is 0 Å². The number of carbonyl (C=O) groups is 5. The molecule has 90 heavy (non-hydrogen) atoms. The smallest absolute Gasteiger partial charge is 0.410 e. The molecule has 6 aromatic rings.